The van der Waals surface area contributed by atoms with Gasteiger partial charge in [0.05, 0.1) is 0 Å². The second-order valence-corrected chi connectivity index (χ2v) is 11.6. The number of rotatable bonds is 10. The van der Waals surface area contributed by atoms with E-state index in [0.29, 0.717) is 0 Å². The van der Waals surface area contributed by atoms with E-state index in [4.69, 9.17) is 9.52 Å². The first kappa shape index (κ1) is 27.8. The highest BCUT2D eigenvalue weighted by Gasteiger charge is 2.19. The Kier molecular flexibility index (Phi) is 7.81. The summed E-state index contributed by atoms with van der Waals surface area (Å²) in [5, 5.41) is 11.8. The molecule has 0 spiro atoms. The van der Waals surface area contributed by atoms with Gasteiger partial charge in [-0.05, 0) is 78.8 Å². The maximum absolute atomic E-state index is 6.57. The number of hydrogen-bond acceptors (Lipinski definition) is 3. The average Bonchev–Trinajstić information content (AvgIpc) is 3.69. The maximum Gasteiger partial charge on any atom is 0.168 e. The molecule has 4 nitrogen and oxygen atoms in total. The average molecular weight is 576 g/mol. The van der Waals surface area contributed by atoms with E-state index in [1.807, 2.05) is 36.4 Å². The van der Waals surface area contributed by atoms with Gasteiger partial charge in [0.25, 0.3) is 0 Å². The molecular weight excluding hydrogens is 538 g/mol. The molecule has 5 aromatic carbocycles. The first-order valence-electron chi connectivity index (χ1n) is 15.9. The summed E-state index contributed by atoms with van der Waals surface area (Å²) < 4.78 is 8.72. The largest absolute Gasteiger partial charge is 0.455 e. The maximum atomic E-state index is 6.57. The third-order valence-electron chi connectivity index (χ3n) is 8.50. The van der Waals surface area contributed by atoms with E-state index in [1.54, 1.807) is 0 Å². The van der Waals surface area contributed by atoms with Gasteiger partial charge in [0, 0.05) is 33.2 Å². The smallest absolute Gasteiger partial charge is 0.168 e. The van der Waals surface area contributed by atoms with Crippen LogP contribution in [-0.2, 0) is 12.8 Å². The van der Waals surface area contributed by atoms with E-state index in [2.05, 4.69) is 102 Å². The van der Waals surface area contributed by atoms with Crippen molar-refractivity contribution in [3.8, 4) is 39.6 Å². The van der Waals surface area contributed by atoms with Crippen LogP contribution in [0.2, 0.25) is 0 Å². The van der Waals surface area contributed by atoms with Crippen LogP contribution in [0.3, 0.4) is 0 Å². The first-order valence-corrected chi connectivity index (χ1v) is 15.9. The molecule has 0 aliphatic carbocycles. The van der Waals surface area contributed by atoms with Crippen molar-refractivity contribution in [3.05, 3.63) is 126 Å². The van der Waals surface area contributed by atoms with Crippen LogP contribution in [0.5, 0.6) is 0 Å². The molecule has 0 aliphatic rings. The Bertz CT molecular complexity index is 2020. The lowest BCUT2D eigenvalue weighted by atomic mass is 9.95. The summed E-state index contributed by atoms with van der Waals surface area (Å²) in [5.74, 6) is 1.63. The molecule has 7 aromatic rings. The highest BCUT2D eigenvalue weighted by atomic mass is 16.3. The van der Waals surface area contributed by atoms with E-state index < -0.39 is 0 Å². The Labute approximate surface area is 259 Å². The Balaban J connectivity index is 1.33. The Hall–Kier alpha value is -4.96. The van der Waals surface area contributed by atoms with Crippen molar-refractivity contribution >= 4 is 21.9 Å². The summed E-state index contributed by atoms with van der Waals surface area (Å²) in [6.45, 7) is 4.50. The lowest BCUT2D eigenvalue weighted by Crippen LogP contribution is -2.00. The number of aryl methyl sites for hydroxylation is 2. The minimum absolute atomic E-state index is 0.812. The van der Waals surface area contributed by atoms with Crippen molar-refractivity contribution in [3.63, 3.8) is 0 Å². The predicted molar refractivity (Wildman–Crippen MR) is 182 cm³/mol. The van der Waals surface area contributed by atoms with Gasteiger partial charge in [-0.25, -0.2) is 0 Å². The van der Waals surface area contributed by atoms with Gasteiger partial charge in [-0.3, -0.25) is 4.57 Å². The van der Waals surface area contributed by atoms with Crippen LogP contribution in [0, 0.1) is 0 Å². The van der Waals surface area contributed by atoms with Crippen LogP contribution in [0.25, 0.3) is 61.5 Å². The number of furan rings is 1. The third kappa shape index (κ3) is 5.33. The molecule has 7 rings (SSSR count). The van der Waals surface area contributed by atoms with Gasteiger partial charge in [0.2, 0.25) is 0 Å². The van der Waals surface area contributed by atoms with E-state index in [9.17, 15) is 0 Å². The van der Waals surface area contributed by atoms with Crippen LogP contribution in [0.4, 0.5) is 0 Å². The topological polar surface area (TPSA) is 43.9 Å². The number of nitrogens with zero attached hydrogens (tertiary/aromatic N) is 3. The van der Waals surface area contributed by atoms with Crippen molar-refractivity contribution in [1.29, 1.82) is 0 Å². The molecular formula is C40H37N3O. The molecule has 0 saturated carbocycles. The monoisotopic (exact) mass is 575 g/mol. The molecule has 0 radical (unpaired) electrons. The molecule has 2 heterocycles. The minimum Gasteiger partial charge on any atom is -0.455 e. The highest BCUT2D eigenvalue weighted by Crippen LogP contribution is 2.39. The van der Waals surface area contributed by atoms with Gasteiger partial charge in [0.1, 0.15) is 11.2 Å². The Morgan fingerprint density at radius 1 is 0.568 bits per heavy atom. The van der Waals surface area contributed by atoms with Crippen molar-refractivity contribution in [1.82, 2.24) is 14.8 Å². The molecule has 0 unspecified atom stereocenters. The van der Waals surface area contributed by atoms with Gasteiger partial charge >= 0.3 is 0 Å². The number of benzene rings is 5. The lowest BCUT2D eigenvalue weighted by Gasteiger charge is -2.12. The van der Waals surface area contributed by atoms with Crippen LogP contribution < -0.4 is 0 Å². The molecule has 218 valence electrons. The molecule has 0 aliphatic heterocycles. The van der Waals surface area contributed by atoms with E-state index in [0.717, 1.165) is 63.6 Å². The molecule has 0 atom stereocenters. The molecule has 0 amide bonds. The standard InChI is InChI=1S/C40H37N3O/c1-3-5-13-28-19-24-37-35(25-28)36-27-29(14-6-4-2)26-34(38(36)44-37)30-20-22-32(23-21-30)40-42-41-39(31-15-9-7-10-16-31)43(40)33-17-11-8-12-18-33/h7-12,15-27H,3-6,13-14H2,1-2H3. The zero-order valence-corrected chi connectivity index (χ0v) is 25.5. The van der Waals surface area contributed by atoms with Gasteiger partial charge in [-0.1, -0.05) is 106 Å². The number of hydrogen-bond donors (Lipinski definition) is 0. The summed E-state index contributed by atoms with van der Waals surface area (Å²) in [6, 6.07) is 40.7. The second kappa shape index (κ2) is 12.3. The summed E-state index contributed by atoms with van der Waals surface area (Å²) in [5.41, 5.74) is 9.99. The first-order chi connectivity index (χ1) is 21.7. The van der Waals surface area contributed by atoms with Crippen molar-refractivity contribution in [2.75, 3.05) is 0 Å². The van der Waals surface area contributed by atoms with E-state index >= 15 is 0 Å². The lowest BCUT2D eigenvalue weighted by molar-refractivity contribution is 0.669. The molecule has 2 aromatic heterocycles. The zero-order valence-electron chi connectivity index (χ0n) is 25.5. The minimum atomic E-state index is 0.812. The van der Waals surface area contributed by atoms with Crippen LogP contribution >= 0.6 is 0 Å². The number of fused-ring (bicyclic) bond motifs is 3. The Morgan fingerprint density at radius 3 is 1.84 bits per heavy atom. The predicted octanol–water partition coefficient (Wildman–Crippen LogP) is 10.9. The molecule has 0 bridgehead atoms. The highest BCUT2D eigenvalue weighted by molar-refractivity contribution is 6.10. The van der Waals surface area contributed by atoms with Crippen LogP contribution in [0.1, 0.15) is 50.7 Å². The zero-order chi connectivity index (χ0) is 29.9. The molecule has 4 heteroatoms. The van der Waals surface area contributed by atoms with E-state index in [-0.39, 0.29) is 0 Å². The summed E-state index contributed by atoms with van der Waals surface area (Å²) in [6.07, 6.45) is 6.89. The summed E-state index contributed by atoms with van der Waals surface area (Å²) >= 11 is 0. The van der Waals surface area contributed by atoms with Gasteiger partial charge in [0.15, 0.2) is 11.6 Å². The molecule has 0 N–H and O–H groups in total. The summed E-state index contributed by atoms with van der Waals surface area (Å²) in [4.78, 5) is 0. The number of unbranched alkanes of at least 4 members (excludes halogenated alkanes) is 2. The normalized spacial score (nSPS) is 11.5. The van der Waals surface area contributed by atoms with Gasteiger partial charge < -0.3 is 4.42 Å². The third-order valence-corrected chi connectivity index (χ3v) is 8.50. The number of para-hydroxylation sites is 1. The van der Waals surface area contributed by atoms with Gasteiger partial charge in [-0.15, -0.1) is 10.2 Å². The molecule has 0 saturated heterocycles. The van der Waals surface area contributed by atoms with Crippen LogP contribution in [-0.4, -0.2) is 14.8 Å². The van der Waals surface area contributed by atoms with Gasteiger partial charge in [-0.2, -0.15) is 0 Å². The second-order valence-electron chi connectivity index (χ2n) is 11.6. The fraction of sp³-hybridized carbons (Fsp3) is 0.200. The van der Waals surface area contributed by atoms with Crippen molar-refractivity contribution in [2.24, 2.45) is 0 Å². The van der Waals surface area contributed by atoms with Crippen LogP contribution in [0.15, 0.2) is 120 Å². The quantitative estimate of drug-likeness (QED) is 0.163. The molecule has 0 fully saturated rings. The summed E-state index contributed by atoms with van der Waals surface area (Å²) in [7, 11) is 0. The fourth-order valence-corrected chi connectivity index (χ4v) is 6.13. The van der Waals surface area contributed by atoms with Crippen molar-refractivity contribution < 1.29 is 4.42 Å². The molecule has 44 heavy (non-hydrogen) atoms. The van der Waals surface area contributed by atoms with E-state index in [1.165, 1.54) is 47.6 Å². The Morgan fingerprint density at radius 2 is 1.16 bits per heavy atom. The number of aromatic nitrogens is 3. The SMILES string of the molecule is CCCCc1ccc2oc3c(-c4ccc(-c5nnc(-c6ccccc6)n5-c5ccccc5)cc4)cc(CCCC)cc3c2c1. The fourth-order valence-electron chi connectivity index (χ4n) is 6.13. The van der Waals surface area contributed by atoms with Crippen molar-refractivity contribution in [2.45, 2.75) is 52.4 Å².